The number of nitrogens with one attached hydrogen (secondary N) is 1. The zero-order valence-electron chi connectivity index (χ0n) is 8.82. The predicted octanol–water partition coefficient (Wildman–Crippen LogP) is 0.863. The van der Waals surface area contributed by atoms with Crippen LogP contribution in [0.5, 0.6) is 0 Å². The highest BCUT2D eigenvalue weighted by Crippen LogP contribution is 2.00. The van der Waals surface area contributed by atoms with E-state index in [1.165, 1.54) is 0 Å². The minimum absolute atomic E-state index is 0.451. The van der Waals surface area contributed by atoms with Gasteiger partial charge in [0.05, 0.1) is 0 Å². The van der Waals surface area contributed by atoms with E-state index in [-0.39, 0.29) is 0 Å². The molecule has 1 aromatic rings. The number of nitrogens with two attached hydrogens (primary N) is 1. The van der Waals surface area contributed by atoms with Gasteiger partial charge in [0.15, 0.2) is 4.77 Å². The number of H-pyrrole nitrogens is 1. The van der Waals surface area contributed by atoms with Gasteiger partial charge in [-0.3, -0.25) is 4.57 Å². The second kappa shape index (κ2) is 4.56. The first-order valence-electron chi connectivity index (χ1n) is 4.63. The first-order chi connectivity index (χ1) is 6.52. The van der Waals surface area contributed by atoms with E-state index in [9.17, 15) is 0 Å². The van der Waals surface area contributed by atoms with Gasteiger partial charge in [0.1, 0.15) is 0 Å². The normalized spacial score (nSPS) is 11.5. The van der Waals surface area contributed by atoms with Crippen LogP contribution in [0.4, 0.5) is 5.95 Å². The molecular formula is C8H17N5S. The van der Waals surface area contributed by atoms with E-state index < -0.39 is 0 Å². The molecule has 0 amide bonds. The van der Waals surface area contributed by atoms with Crippen molar-refractivity contribution in [2.24, 2.45) is 0 Å². The number of aromatic nitrogens is 3. The van der Waals surface area contributed by atoms with Gasteiger partial charge >= 0.3 is 0 Å². The van der Waals surface area contributed by atoms with E-state index in [2.05, 4.69) is 36.0 Å². The Morgan fingerprint density at radius 3 is 2.71 bits per heavy atom. The third-order valence-electron chi connectivity index (χ3n) is 2.35. The Morgan fingerprint density at radius 2 is 2.29 bits per heavy atom. The first-order valence-corrected chi connectivity index (χ1v) is 5.04. The molecule has 0 aliphatic carbocycles. The van der Waals surface area contributed by atoms with Gasteiger partial charge in [-0.1, -0.05) is 0 Å². The van der Waals surface area contributed by atoms with Gasteiger partial charge in [-0.15, -0.1) is 5.10 Å². The molecule has 0 unspecified atom stereocenters. The lowest BCUT2D eigenvalue weighted by molar-refractivity contribution is 0.263. The van der Waals surface area contributed by atoms with E-state index in [0.717, 1.165) is 13.1 Å². The van der Waals surface area contributed by atoms with Crippen molar-refractivity contribution >= 4 is 18.2 Å². The number of rotatable bonds is 4. The van der Waals surface area contributed by atoms with Crippen LogP contribution in [-0.2, 0) is 6.54 Å². The zero-order chi connectivity index (χ0) is 10.7. The van der Waals surface area contributed by atoms with Crippen molar-refractivity contribution in [3.8, 4) is 0 Å². The maximum Gasteiger partial charge on any atom is 0.220 e. The molecule has 0 fully saturated rings. The molecule has 0 aromatic carbocycles. The molecule has 80 valence electrons. The van der Waals surface area contributed by atoms with Crippen molar-refractivity contribution < 1.29 is 0 Å². The summed E-state index contributed by atoms with van der Waals surface area (Å²) in [5.41, 5.74) is 5.64. The van der Waals surface area contributed by atoms with Crippen molar-refractivity contribution in [2.75, 3.05) is 19.3 Å². The molecular weight excluding hydrogens is 198 g/mol. The summed E-state index contributed by atoms with van der Waals surface area (Å²) >= 11 is 5.04. The molecule has 0 aliphatic rings. The van der Waals surface area contributed by atoms with Gasteiger partial charge in [0, 0.05) is 19.1 Å². The topological polar surface area (TPSA) is 62.9 Å². The summed E-state index contributed by atoms with van der Waals surface area (Å²) in [6.07, 6.45) is 0. The van der Waals surface area contributed by atoms with Crippen LogP contribution in [0.15, 0.2) is 0 Å². The number of nitrogen functional groups attached to an aromatic ring is 1. The Labute approximate surface area is 88.9 Å². The monoisotopic (exact) mass is 215 g/mol. The van der Waals surface area contributed by atoms with Crippen molar-refractivity contribution in [3.05, 3.63) is 4.77 Å². The Balaban J connectivity index is 2.58. The van der Waals surface area contributed by atoms with E-state index in [1.807, 2.05) is 0 Å². The molecule has 0 atom stereocenters. The smallest absolute Gasteiger partial charge is 0.220 e. The van der Waals surface area contributed by atoms with Crippen LogP contribution >= 0.6 is 12.2 Å². The zero-order valence-corrected chi connectivity index (χ0v) is 9.64. The summed E-state index contributed by atoms with van der Waals surface area (Å²) in [7, 11) is 2.07. The number of aromatic amines is 1. The second-order valence-corrected chi connectivity index (χ2v) is 4.00. The Hall–Kier alpha value is -0.880. The second-order valence-electron chi connectivity index (χ2n) is 3.61. The van der Waals surface area contributed by atoms with Crippen molar-refractivity contribution in [1.29, 1.82) is 0 Å². The lowest BCUT2D eigenvalue weighted by atomic mass is 10.3. The number of hydrogen-bond acceptors (Lipinski definition) is 4. The fourth-order valence-corrected chi connectivity index (χ4v) is 1.29. The summed E-state index contributed by atoms with van der Waals surface area (Å²) in [5.74, 6) is 0.451. The Kier molecular flexibility index (Phi) is 3.65. The molecule has 0 bridgehead atoms. The highest BCUT2D eigenvalue weighted by molar-refractivity contribution is 7.71. The number of anilines is 1. The first kappa shape index (κ1) is 11.2. The third-order valence-corrected chi connectivity index (χ3v) is 2.66. The molecule has 0 saturated carbocycles. The average Bonchev–Trinajstić information content (AvgIpc) is 2.43. The minimum Gasteiger partial charge on any atom is -0.368 e. The third kappa shape index (κ3) is 2.55. The summed E-state index contributed by atoms with van der Waals surface area (Å²) in [5, 5.41) is 6.51. The number of hydrogen-bond donors (Lipinski definition) is 2. The highest BCUT2D eigenvalue weighted by Gasteiger charge is 2.05. The molecule has 0 spiro atoms. The van der Waals surface area contributed by atoms with Gasteiger partial charge in [-0.2, -0.15) is 0 Å². The molecule has 3 N–H and O–H groups in total. The van der Waals surface area contributed by atoms with E-state index >= 15 is 0 Å². The minimum atomic E-state index is 0.451. The molecule has 0 saturated heterocycles. The van der Waals surface area contributed by atoms with Crippen LogP contribution in [0, 0.1) is 4.77 Å². The number of likely N-dealkylation sites (N-methyl/N-ethyl adjacent to an activating group) is 1. The fraction of sp³-hybridized carbons (Fsp3) is 0.750. The fourth-order valence-electron chi connectivity index (χ4n) is 1.06. The van der Waals surface area contributed by atoms with Crippen molar-refractivity contribution in [2.45, 2.75) is 26.4 Å². The maximum absolute atomic E-state index is 5.64. The van der Waals surface area contributed by atoms with Crippen molar-refractivity contribution in [3.63, 3.8) is 0 Å². The molecule has 5 nitrogen and oxygen atoms in total. The largest absolute Gasteiger partial charge is 0.368 e. The molecule has 0 radical (unpaired) electrons. The number of nitrogens with zero attached hydrogens (tertiary/aromatic N) is 3. The molecule has 1 aromatic heterocycles. The SMILES string of the molecule is CC(C)N(C)CCn1c(N)n[nH]c1=S. The molecule has 0 aliphatic heterocycles. The van der Waals surface area contributed by atoms with Crippen LogP contribution in [0.1, 0.15) is 13.8 Å². The maximum atomic E-state index is 5.64. The van der Waals surface area contributed by atoms with E-state index in [4.69, 9.17) is 18.0 Å². The van der Waals surface area contributed by atoms with Gasteiger partial charge < -0.3 is 10.6 Å². The van der Waals surface area contributed by atoms with Gasteiger partial charge in [0.2, 0.25) is 5.95 Å². The molecule has 14 heavy (non-hydrogen) atoms. The molecule has 1 rings (SSSR count). The van der Waals surface area contributed by atoms with Crippen LogP contribution in [0.3, 0.4) is 0 Å². The van der Waals surface area contributed by atoms with Gasteiger partial charge in [0.25, 0.3) is 0 Å². The van der Waals surface area contributed by atoms with E-state index in [1.54, 1.807) is 4.57 Å². The summed E-state index contributed by atoms with van der Waals surface area (Å²) < 4.78 is 2.38. The Morgan fingerprint density at radius 1 is 1.64 bits per heavy atom. The average molecular weight is 215 g/mol. The van der Waals surface area contributed by atoms with Crippen LogP contribution < -0.4 is 5.73 Å². The summed E-state index contributed by atoms with van der Waals surface area (Å²) in [6, 6.07) is 0.525. The quantitative estimate of drug-likeness (QED) is 0.731. The summed E-state index contributed by atoms with van der Waals surface area (Å²) in [6.45, 7) is 5.99. The Bertz CT molecular complexity index is 340. The van der Waals surface area contributed by atoms with Crippen LogP contribution in [0.25, 0.3) is 0 Å². The molecule has 6 heteroatoms. The lowest BCUT2D eigenvalue weighted by Gasteiger charge is -2.20. The van der Waals surface area contributed by atoms with Crippen molar-refractivity contribution in [1.82, 2.24) is 19.7 Å². The summed E-state index contributed by atoms with van der Waals surface area (Å²) in [4.78, 5) is 2.23. The highest BCUT2D eigenvalue weighted by atomic mass is 32.1. The van der Waals surface area contributed by atoms with Gasteiger partial charge in [-0.25, -0.2) is 5.10 Å². The van der Waals surface area contributed by atoms with Gasteiger partial charge in [-0.05, 0) is 33.1 Å². The predicted molar refractivity (Wildman–Crippen MR) is 59.6 cm³/mol. The van der Waals surface area contributed by atoms with Crippen LogP contribution in [0.2, 0.25) is 0 Å². The van der Waals surface area contributed by atoms with Crippen LogP contribution in [-0.4, -0.2) is 39.3 Å². The standard InChI is InChI=1S/C8H17N5S/c1-6(2)12(3)4-5-13-7(9)10-11-8(13)14/h6H,4-5H2,1-3H3,(H2,9,10)(H,11,14). The molecule has 1 heterocycles. The van der Waals surface area contributed by atoms with E-state index in [0.29, 0.717) is 16.8 Å². The lowest BCUT2D eigenvalue weighted by Crippen LogP contribution is -2.30.